The molecule has 0 aliphatic carbocycles. The minimum atomic E-state index is -0.308. The number of anilines is 1. The van der Waals surface area contributed by atoms with Crippen molar-refractivity contribution in [1.29, 1.82) is 10.8 Å². The van der Waals surface area contributed by atoms with Crippen LogP contribution in [0.3, 0.4) is 0 Å². The minimum absolute atomic E-state index is 0.0403. The molecule has 7 nitrogen and oxygen atoms in total. The van der Waals surface area contributed by atoms with Gasteiger partial charge < -0.3 is 20.4 Å². The van der Waals surface area contributed by atoms with Crippen molar-refractivity contribution in [3.05, 3.63) is 18.2 Å². The predicted molar refractivity (Wildman–Crippen MR) is 65.8 cm³/mol. The molecule has 1 aromatic rings. The second-order valence-corrected chi connectivity index (χ2v) is 3.30. The fourth-order valence-electron chi connectivity index (χ4n) is 1.18. The lowest BCUT2D eigenvalue weighted by molar-refractivity contribution is 0.404. The molecule has 0 amide bonds. The third-order valence-electron chi connectivity index (χ3n) is 2.18. The van der Waals surface area contributed by atoms with E-state index < -0.39 is 0 Å². The first-order chi connectivity index (χ1) is 7.97. The Morgan fingerprint density at radius 2 is 1.94 bits per heavy atom. The van der Waals surface area contributed by atoms with Crippen LogP contribution in [-0.2, 0) is 0 Å². The Hall–Kier alpha value is -2.44. The zero-order valence-electron chi connectivity index (χ0n) is 9.57. The maximum Gasteiger partial charge on any atom is 0.202 e. The molecule has 0 aromatic heterocycles. The van der Waals surface area contributed by atoms with E-state index in [1.807, 2.05) is 0 Å². The summed E-state index contributed by atoms with van der Waals surface area (Å²) in [6.07, 6.45) is 0. The van der Waals surface area contributed by atoms with Crippen LogP contribution in [0.2, 0.25) is 0 Å². The number of hydrogen-bond acceptors (Lipinski definition) is 4. The molecule has 17 heavy (non-hydrogen) atoms. The van der Waals surface area contributed by atoms with E-state index in [4.69, 9.17) is 10.8 Å². The van der Waals surface area contributed by atoms with Crippen LogP contribution in [0.5, 0.6) is 11.5 Å². The highest BCUT2D eigenvalue weighted by atomic mass is 16.3. The van der Waals surface area contributed by atoms with Crippen LogP contribution >= 0.6 is 0 Å². The van der Waals surface area contributed by atoms with Gasteiger partial charge in [-0.15, -0.1) is 0 Å². The molecule has 7 heteroatoms. The summed E-state index contributed by atoms with van der Waals surface area (Å²) in [5, 5.41) is 38.9. The summed E-state index contributed by atoms with van der Waals surface area (Å²) in [6.45, 7) is 0. The van der Waals surface area contributed by atoms with E-state index in [0.29, 0.717) is 0 Å². The zero-order chi connectivity index (χ0) is 13.0. The van der Waals surface area contributed by atoms with Gasteiger partial charge in [0.25, 0.3) is 0 Å². The molecule has 1 rings (SSSR count). The Kier molecular flexibility index (Phi) is 3.76. The Labute approximate surface area is 98.7 Å². The van der Waals surface area contributed by atoms with Crippen molar-refractivity contribution < 1.29 is 10.2 Å². The fraction of sp³-hybridized carbons (Fsp3) is 0.200. The highest BCUT2D eigenvalue weighted by Gasteiger charge is 2.14. The Morgan fingerprint density at radius 1 is 1.29 bits per heavy atom. The van der Waals surface area contributed by atoms with E-state index in [1.54, 1.807) is 19.2 Å². The zero-order valence-corrected chi connectivity index (χ0v) is 9.57. The van der Waals surface area contributed by atoms with E-state index in [-0.39, 0.29) is 29.1 Å². The first kappa shape index (κ1) is 12.6. The van der Waals surface area contributed by atoms with Crippen molar-refractivity contribution >= 4 is 17.6 Å². The molecule has 6 N–H and O–H groups in total. The van der Waals surface area contributed by atoms with Gasteiger partial charge in [-0.25, -0.2) is 0 Å². The van der Waals surface area contributed by atoms with Gasteiger partial charge in [0.2, 0.25) is 5.96 Å². The van der Waals surface area contributed by atoms with Gasteiger partial charge in [0.15, 0.2) is 17.5 Å². The SMILES string of the molecule is CNC(=N)NC(=N)N(C)c1cccc(O)c1O. The number of benzene rings is 1. The van der Waals surface area contributed by atoms with Crippen LogP contribution in [-0.4, -0.2) is 36.2 Å². The molecule has 0 saturated heterocycles. The van der Waals surface area contributed by atoms with Gasteiger partial charge in [-0.1, -0.05) is 6.07 Å². The lowest BCUT2D eigenvalue weighted by Crippen LogP contribution is -2.45. The topological polar surface area (TPSA) is 115 Å². The maximum atomic E-state index is 9.62. The lowest BCUT2D eigenvalue weighted by atomic mass is 10.2. The summed E-state index contributed by atoms with van der Waals surface area (Å²) in [5.41, 5.74) is 0.270. The average molecular weight is 237 g/mol. The van der Waals surface area contributed by atoms with Crippen molar-refractivity contribution in [3.63, 3.8) is 0 Å². The smallest absolute Gasteiger partial charge is 0.202 e. The average Bonchev–Trinajstić information content (AvgIpc) is 2.31. The molecular formula is C10H15N5O2. The summed E-state index contributed by atoms with van der Waals surface area (Å²) >= 11 is 0. The number of aromatic hydroxyl groups is 2. The minimum Gasteiger partial charge on any atom is -0.504 e. The summed E-state index contributed by atoms with van der Waals surface area (Å²) in [6, 6.07) is 4.45. The quantitative estimate of drug-likeness (QED) is 0.237. The molecule has 0 heterocycles. The number of nitrogens with zero attached hydrogens (tertiary/aromatic N) is 1. The van der Waals surface area contributed by atoms with Crippen LogP contribution < -0.4 is 15.5 Å². The Balaban J connectivity index is 2.89. The van der Waals surface area contributed by atoms with Crippen LogP contribution in [0.4, 0.5) is 5.69 Å². The van der Waals surface area contributed by atoms with Gasteiger partial charge in [0.05, 0.1) is 5.69 Å². The van der Waals surface area contributed by atoms with Crippen molar-refractivity contribution in [2.45, 2.75) is 0 Å². The van der Waals surface area contributed by atoms with Crippen LogP contribution in [0, 0.1) is 10.8 Å². The van der Waals surface area contributed by atoms with Gasteiger partial charge in [-0.05, 0) is 12.1 Å². The molecule has 0 spiro atoms. The standard InChI is InChI=1S/C10H15N5O2/c1-13-9(11)14-10(12)15(2)6-4-3-5-7(16)8(6)17/h3-5,16-17H,1-2H3,(H4,11,12,13,14). The fourth-order valence-corrected chi connectivity index (χ4v) is 1.18. The maximum absolute atomic E-state index is 9.62. The first-order valence-electron chi connectivity index (χ1n) is 4.84. The summed E-state index contributed by atoms with van der Waals surface area (Å²) in [5.74, 6) is -0.713. The van der Waals surface area contributed by atoms with Gasteiger partial charge in [0.1, 0.15) is 0 Å². The van der Waals surface area contributed by atoms with Crippen molar-refractivity contribution in [2.75, 3.05) is 19.0 Å². The van der Waals surface area contributed by atoms with Gasteiger partial charge >= 0.3 is 0 Å². The van der Waals surface area contributed by atoms with Gasteiger partial charge in [0, 0.05) is 14.1 Å². The molecule has 92 valence electrons. The molecule has 0 aliphatic rings. The molecule has 0 bridgehead atoms. The molecule has 0 unspecified atom stereocenters. The summed E-state index contributed by atoms with van der Waals surface area (Å²) in [4.78, 5) is 1.31. The molecule has 0 fully saturated rings. The van der Waals surface area contributed by atoms with E-state index in [0.717, 1.165) is 0 Å². The van der Waals surface area contributed by atoms with Crippen molar-refractivity contribution in [3.8, 4) is 11.5 Å². The van der Waals surface area contributed by atoms with E-state index >= 15 is 0 Å². The largest absolute Gasteiger partial charge is 0.504 e. The van der Waals surface area contributed by atoms with Crippen molar-refractivity contribution in [2.24, 2.45) is 0 Å². The summed E-state index contributed by atoms with van der Waals surface area (Å²) in [7, 11) is 3.08. The third kappa shape index (κ3) is 2.77. The highest BCUT2D eigenvalue weighted by molar-refractivity contribution is 6.04. The Morgan fingerprint density at radius 3 is 2.53 bits per heavy atom. The van der Waals surface area contributed by atoms with Crippen LogP contribution in [0.1, 0.15) is 0 Å². The predicted octanol–water partition coefficient (Wildman–Crippen LogP) is 0.213. The first-order valence-corrected chi connectivity index (χ1v) is 4.84. The third-order valence-corrected chi connectivity index (χ3v) is 2.18. The van der Waals surface area contributed by atoms with Crippen molar-refractivity contribution in [1.82, 2.24) is 10.6 Å². The van der Waals surface area contributed by atoms with Gasteiger partial charge in [-0.3, -0.25) is 16.1 Å². The number of para-hydroxylation sites is 1. The second-order valence-electron chi connectivity index (χ2n) is 3.30. The lowest BCUT2D eigenvalue weighted by Gasteiger charge is -2.22. The molecule has 1 aromatic carbocycles. The number of phenols is 2. The molecule has 0 saturated carbocycles. The van der Waals surface area contributed by atoms with Gasteiger partial charge in [-0.2, -0.15) is 0 Å². The number of guanidine groups is 2. The number of rotatable bonds is 1. The summed E-state index contributed by atoms with van der Waals surface area (Å²) < 4.78 is 0. The highest BCUT2D eigenvalue weighted by Crippen LogP contribution is 2.34. The van der Waals surface area contributed by atoms with E-state index in [1.165, 1.54) is 18.0 Å². The molecule has 0 radical (unpaired) electrons. The van der Waals surface area contributed by atoms with Crippen LogP contribution in [0.25, 0.3) is 0 Å². The van der Waals surface area contributed by atoms with E-state index in [2.05, 4.69) is 10.6 Å². The van der Waals surface area contributed by atoms with E-state index in [9.17, 15) is 10.2 Å². The Bertz CT molecular complexity index is 446. The monoisotopic (exact) mass is 237 g/mol. The molecule has 0 aliphatic heterocycles. The number of nitrogens with one attached hydrogen (secondary N) is 4. The molecular weight excluding hydrogens is 222 g/mol. The number of hydrogen-bond donors (Lipinski definition) is 6. The second kappa shape index (κ2) is 5.06. The normalized spacial score (nSPS) is 9.53. The number of phenolic OH excluding ortho intramolecular Hbond substituents is 2. The molecule has 0 atom stereocenters. The van der Waals surface area contributed by atoms with Crippen LogP contribution in [0.15, 0.2) is 18.2 Å².